The molecule has 0 fully saturated rings. The zero-order chi connectivity index (χ0) is 19.6. The molecule has 7 heteroatoms. The van der Waals surface area contributed by atoms with Crippen LogP contribution >= 0.6 is 0 Å². The highest BCUT2D eigenvalue weighted by Crippen LogP contribution is 2.21. The summed E-state index contributed by atoms with van der Waals surface area (Å²) in [6, 6.07) is 11.8. The molecule has 0 saturated carbocycles. The molecule has 2 aromatic carbocycles. The molecule has 0 radical (unpaired) electrons. The summed E-state index contributed by atoms with van der Waals surface area (Å²) >= 11 is 0. The molecule has 1 aromatic heterocycles. The molecular weight excluding hydrogens is 346 g/mol. The minimum Gasteiger partial charge on any atom is -0.496 e. The third-order valence-electron chi connectivity index (χ3n) is 4.32. The number of hydrogen-bond acceptors (Lipinski definition) is 5. The number of amides is 1. The maximum absolute atomic E-state index is 12.9. The Hall–Kier alpha value is -3.48. The summed E-state index contributed by atoms with van der Waals surface area (Å²) < 4.78 is 6.56. The standard InChI is InChI=1S/C20H19N3O4/c1-12(24)13-8-9-17(27-3)14(10-13)11-23-20(26)16-7-5-4-6-15(16)18(22-23)19(25)21-2/h4-10H,11H2,1-3H3,(H,21,25). The van der Waals surface area contributed by atoms with Crippen molar-refractivity contribution in [3.05, 3.63) is 69.6 Å². The highest BCUT2D eigenvalue weighted by molar-refractivity contribution is 6.04. The SMILES string of the molecule is CNC(=O)c1nn(Cc2cc(C(C)=O)ccc2OC)c(=O)c2ccccc12. The quantitative estimate of drug-likeness (QED) is 0.699. The van der Waals surface area contributed by atoms with E-state index in [1.165, 1.54) is 25.8 Å². The van der Waals surface area contributed by atoms with Crippen LogP contribution in [0.2, 0.25) is 0 Å². The lowest BCUT2D eigenvalue weighted by Gasteiger charge is -2.13. The van der Waals surface area contributed by atoms with Crippen LogP contribution in [0.4, 0.5) is 0 Å². The Balaban J connectivity index is 2.20. The summed E-state index contributed by atoms with van der Waals surface area (Å²) in [4.78, 5) is 36.8. The molecule has 27 heavy (non-hydrogen) atoms. The van der Waals surface area contributed by atoms with Gasteiger partial charge in [0.2, 0.25) is 0 Å². The lowest BCUT2D eigenvalue weighted by atomic mass is 10.1. The van der Waals surface area contributed by atoms with Crippen molar-refractivity contribution in [1.82, 2.24) is 15.1 Å². The average molecular weight is 365 g/mol. The summed E-state index contributed by atoms with van der Waals surface area (Å²) in [6.45, 7) is 1.54. The highest BCUT2D eigenvalue weighted by Gasteiger charge is 2.17. The van der Waals surface area contributed by atoms with Gasteiger partial charge in [-0.2, -0.15) is 5.10 Å². The topological polar surface area (TPSA) is 90.3 Å². The Morgan fingerprint density at radius 3 is 2.48 bits per heavy atom. The number of methoxy groups -OCH3 is 1. The Morgan fingerprint density at radius 2 is 1.85 bits per heavy atom. The van der Waals surface area contributed by atoms with Crippen LogP contribution in [0.1, 0.15) is 33.3 Å². The van der Waals surface area contributed by atoms with Crippen molar-refractivity contribution in [1.29, 1.82) is 0 Å². The highest BCUT2D eigenvalue weighted by atomic mass is 16.5. The molecule has 3 rings (SSSR count). The number of nitrogens with one attached hydrogen (secondary N) is 1. The zero-order valence-electron chi connectivity index (χ0n) is 15.3. The first-order valence-electron chi connectivity index (χ1n) is 8.36. The molecule has 0 bridgehead atoms. The third-order valence-corrected chi connectivity index (χ3v) is 4.32. The number of ether oxygens (including phenoxy) is 1. The normalized spacial score (nSPS) is 10.6. The number of nitrogens with zero attached hydrogens (tertiary/aromatic N) is 2. The number of hydrogen-bond donors (Lipinski definition) is 1. The second-order valence-electron chi connectivity index (χ2n) is 6.02. The van der Waals surface area contributed by atoms with Gasteiger partial charge in [0.25, 0.3) is 11.5 Å². The van der Waals surface area contributed by atoms with Crippen molar-refractivity contribution in [2.45, 2.75) is 13.5 Å². The van der Waals surface area contributed by atoms with Gasteiger partial charge in [-0.25, -0.2) is 4.68 Å². The van der Waals surface area contributed by atoms with Crippen LogP contribution in [0.15, 0.2) is 47.3 Å². The van der Waals surface area contributed by atoms with Crippen LogP contribution in [-0.2, 0) is 6.54 Å². The summed E-state index contributed by atoms with van der Waals surface area (Å²) in [7, 11) is 3.02. The zero-order valence-corrected chi connectivity index (χ0v) is 15.3. The van der Waals surface area contributed by atoms with E-state index in [9.17, 15) is 14.4 Å². The van der Waals surface area contributed by atoms with Gasteiger partial charge in [-0.05, 0) is 31.2 Å². The van der Waals surface area contributed by atoms with Crippen LogP contribution < -0.4 is 15.6 Å². The Bertz CT molecular complexity index is 1100. The molecular formula is C20H19N3O4. The van der Waals surface area contributed by atoms with E-state index in [0.717, 1.165) is 0 Å². The van der Waals surface area contributed by atoms with Crippen LogP contribution in [0.5, 0.6) is 5.75 Å². The number of rotatable bonds is 5. The molecule has 0 spiro atoms. The average Bonchev–Trinajstić information content (AvgIpc) is 2.69. The second-order valence-corrected chi connectivity index (χ2v) is 6.02. The number of carbonyl (C=O) groups is 2. The number of fused-ring (bicyclic) bond motifs is 1. The van der Waals surface area contributed by atoms with E-state index in [4.69, 9.17) is 4.74 Å². The minimum atomic E-state index is -0.385. The molecule has 7 nitrogen and oxygen atoms in total. The first kappa shape index (κ1) is 18.3. The molecule has 1 amide bonds. The van der Waals surface area contributed by atoms with Gasteiger partial charge < -0.3 is 10.1 Å². The van der Waals surface area contributed by atoms with Gasteiger partial charge in [0, 0.05) is 23.6 Å². The van der Waals surface area contributed by atoms with E-state index in [2.05, 4.69) is 10.4 Å². The van der Waals surface area contributed by atoms with Crippen LogP contribution in [0.25, 0.3) is 10.8 Å². The fourth-order valence-corrected chi connectivity index (χ4v) is 2.91. The van der Waals surface area contributed by atoms with Crippen LogP contribution in [0, 0.1) is 0 Å². The lowest BCUT2D eigenvalue weighted by Crippen LogP contribution is -2.29. The maximum Gasteiger partial charge on any atom is 0.274 e. The van der Waals surface area contributed by atoms with Gasteiger partial charge in [-0.3, -0.25) is 14.4 Å². The predicted molar refractivity (Wildman–Crippen MR) is 101 cm³/mol. The van der Waals surface area contributed by atoms with Crippen molar-refractivity contribution in [3.63, 3.8) is 0 Å². The number of benzene rings is 2. The fraction of sp³-hybridized carbons (Fsp3) is 0.200. The number of aromatic nitrogens is 2. The largest absolute Gasteiger partial charge is 0.496 e. The van der Waals surface area contributed by atoms with Crippen molar-refractivity contribution < 1.29 is 14.3 Å². The monoisotopic (exact) mass is 365 g/mol. The van der Waals surface area contributed by atoms with Gasteiger partial charge >= 0.3 is 0 Å². The predicted octanol–water partition coefficient (Wildman–Crippen LogP) is 2.02. The van der Waals surface area contributed by atoms with Gasteiger partial charge in [0.15, 0.2) is 11.5 Å². The first-order valence-corrected chi connectivity index (χ1v) is 8.36. The van der Waals surface area contributed by atoms with Crippen LogP contribution in [0.3, 0.4) is 0 Å². The van der Waals surface area contributed by atoms with E-state index < -0.39 is 0 Å². The van der Waals surface area contributed by atoms with Gasteiger partial charge in [0.1, 0.15) is 5.75 Å². The Kier molecular flexibility index (Phi) is 5.03. The fourth-order valence-electron chi connectivity index (χ4n) is 2.91. The van der Waals surface area contributed by atoms with E-state index in [1.54, 1.807) is 42.5 Å². The molecule has 1 heterocycles. The molecule has 0 aliphatic heterocycles. The van der Waals surface area contributed by atoms with Crippen LogP contribution in [-0.4, -0.2) is 35.6 Å². The van der Waals surface area contributed by atoms with Gasteiger partial charge in [0.05, 0.1) is 19.0 Å². The molecule has 0 atom stereocenters. The molecule has 1 N–H and O–H groups in total. The second kappa shape index (κ2) is 7.41. The van der Waals surface area contributed by atoms with E-state index in [-0.39, 0.29) is 29.5 Å². The Morgan fingerprint density at radius 1 is 1.15 bits per heavy atom. The smallest absolute Gasteiger partial charge is 0.274 e. The van der Waals surface area contributed by atoms with Crippen molar-refractivity contribution >= 4 is 22.5 Å². The van der Waals surface area contributed by atoms with E-state index in [1.807, 2.05) is 0 Å². The number of ketones is 1. The lowest BCUT2D eigenvalue weighted by molar-refractivity contribution is 0.0956. The van der Waals surface area contributed by atoms with Crippen molar-refractivity contribution in [2.75, 3.05) is 14.2 Å². The van der Waals surface area contributed by atoms with Gasteiger partial charge in [-0.15, -0.1) is 0 Å². The third kappa shape index (κ3) is 3.44. The van der Waals surface area contributed by atoms with Crippen molar-refractivity contribution in [2.24, 2.45) is 0 Å². The maximum atomic E-state index is 12.9. The van der Waals surface area contributed by atoms with Crippen molar-refractivity contribution in [3.8, 4) is 5.75 Å². The first-order chi connectivity index (χ1) is 13.0. The summed E-state index contributed by atoms with van der Waals surface area (Å²) in [5.41, 5.74) is 0.965. The molecule has 0 aliphatic carbocycles. The molecule has 3 aromatic rings. The number of Topliss-reactive ketones (excluding diaryl/α,β-unsaturated/α-hetero) is 1. The summed E-state index contributed by atoms with van der Waals surface area (Å²) in [5.74, 6) is 0.0523. The number of carbonyl (C=O) groups excluding carboxylic acids is 2. The minimum absolute atomic E-state index is 0.0674. The van der Waals surface area contributed by atoms with Gasteiger partial charge in [-0.1, -0.05) is 18.2 Å². The van der Waals surface area contributed by atoms with E-state index >= 15 is 0 Å². The molecule has 0 unspecified atom stereocenters. The molecule has 0 aliphatic rings. The molecule has 138 valence electrons. The Labute approximate surface area is 155 Å². The molecule has 0 saturated heterocycles. The summed E-state index contributed by atoms with van der Waals surface area (Å²) in [6.07, 6.45) is 0. The summed E-state index contributed by atoms with van der Waals surface area (Å²) in [5, 5.41) is 7.70. The van der Waals surface area contributed by atoms with E-state index in [0.29, 0.717) is 27.6 Å².